The number of nitrogens with zero attached hydrogens (tertiary/aromatic N) is 2. The first kappa shape index (κ1) is 23.7. The highest BCUT2D eigenvalue weighted by Gasteiger charge is 2.69. The fourth-order valence-electron chi connectivity index (χ4n) is 5.48. The van der Waals surface area contributed by atoms with Crippen LogP contribution in [0.25, 0.3) is 0 Å². The number of esters is 1. The Hall–Kier alpha value is -4.04. The lowest BCUT2D eigenvalue weighted by Gasteiger charge is -2.33. The van der Waals surface area contributed by atoms with E-state index in [2.05, 4.69) is 5.32 Å². The second kappa shape index (κ2) is 8.87. The van der Waals surface area contributed by atoms with Gasteiger partial charge in [0.2, 0.25) is 11.8 Å². The van der Waals surface area contributed by atoms with Gasteiger partial charge in [-0.1, -0.05) is 54.6 Å². The maximum Gasteiger partial charge on any atom is 0.331 e. The molecule has 2 fully saturated rings. The van der Waals surface area contributed by atoms with Crippen molar-refractivity contribution < 1.29 is 23.5 Å². The number of nitrogens with one attached hydrogen (secondary N) is 1. The summed E-state index contributed by atoms with van der Waals surface area (Å²) in [6.07, 6.45) is 0. The monoisotopic (exact) mass is 487 g/mol. The lowest BCUT2D eigenvalue weighted by molar-refractivity contribution is -0.152. The van der Waals surface area contributed by atoms with E-state index in [4.69, 9.17) is 4.74 Å². The molecule has 0 aliphatic carbocycles. The summed E-state index contributed by atoms with van der Waals surface area (Å²) in [6.45, 7) is 0. The number of carbonyl (C=O) groups excluding carboxylic acids is 3. The Morgan fingerprint density at radius 3 is 2.19 bits per heavy atom. The molecule has 184 valence electrons. The molecule has 1 N–H and O–H groups in total. The van der Waals surface area contributed by atoms with E-state index in [0.29, 0.717) is 5.56 Å². The zero-order valence-electron chi connectivity index (χ0n) is 20.1. The molecule has 2 amide bonds. The molecule has 0 saturated carbocycles. The van der Waals surface area contributed by atoms with Crippen LogP contribution in [0.1, 0.15) is 17.2 Å². The average Bonchev–Trinajstić information content (AvgIpc) is 3.39. The number of benzene rings is 3. The van der Waals surface area contributed by atoms with Gasteiger partial charge in [0, 0.05) is 25.8 Å². The maximum absolute atomic E-state index is 14.8. The number of imide groups is 1. The number of hydrogen-bond acceptors (Lipinski definition) is 6. The molecule has 4 atom stereocenters. The number of rotatable bonds is 5. The van der Waals surface area contributed by atoms with Crippen LogP contribution >= 0.6 is 0 Å². The Morgan fingerprint density at radius 1 is 0.944 bits per heavy atom. The van der Waals surface area contributed by atoms with Gasteiger partial charge in [0.15, 0.2) is 5.54 Å². The summed E-state index contributed by atoms with van der Waals surface area (Å²) in [5, 5.41) is 3.34. The fraction of sp³-hybridized carbons (Fsp3) is 0.250. The van der Waals surface area contributed by atoms with Gasteiger partial charge in [0.25, 0.3) is 0 Å². The first-order chi connectivity index (χ1) is 17.3. The third-order valence-corrected chi connectivity index (χ3v) is 7.16. The van der Waals surface area contributed by atoms with E-state index in [1.54, 1.807) is 36.4 Å². The molecule has 5 rings (SSSR count). The van der Waals surface area contributed by atoms with Crippen molar-refractivity contribution in [3.63, 3.8) is 0 Å². The maximum atomic E-state index is 14.8. The molecule has 0 radical (unpaired) electrons. The van der Waals surface area contributed by atoms with E-state index in [0.717, 1.165) is 16.2 Å². The van der Waals surface area contributed by atoms with Gasteiger partial charge in [-0.15, -0.1) is 0 Å². The Labute approximate surface area is 208 Å². The molecule has 0 bridgehead atoms. The number of hydrogen-bond donors (Lipinski definition) is 1. The average molecular weight is 488 g/mol. The van der Waals surface area contributed by atoms with Gasteiger partial charge in [0.1, 0.15) is 5.82 Å². The highest BCUT2D eigenvalue weighted by molar-refractivity contribution is 6.24. The molecule has 2 aliphatic heterocycles. The fourth-order valence-corrected chi connectivity index (χ4v) is 5.48. The molecule has 4 unspecified atom stereocenters. The van der Waals surface area contributed by atoms with Crippen LogP contribution in [0.2, 0.25) is 0 Å². The summed E-state index contributed by atoms with van der Waals surface area (Å²) in [4.78, 5) is 44.2. The molecule has 2 aliphatic rings. The number of methoxy groups -OCH3 is 1. The number of carbonyl (C=O) groups is 3. The van der Waals surface area contributed by atoms with Crippen LogP contribution < -0.4 is 15.1 Å². The van der Waals surface area contributed by atoms with Crippen LogP contribution in [0.5, 0.6) is 0 Å². The van der Waals surface area contributed by atoms with Gasteiger partial charge >= 0.3 is 5.97 Å². The quantitative estimate of drug-likeness (QED) is 0.439. The van der Waals surface area contributed by atoms with Gasteiger partial charge in [-0.25, -0.2) is 14.1 Å². The number of halogens is 1. The van der Waals surface area contributed by atoms with Crippen molar-refractivity contribution in [2.24, 2.45) is 11.8 Å². The molecule has 3 aromatic rings. The van der Waals surface area contributed by atoms with Crippen LogP contribution in [0.4, 0.5) is 15.8 Å². The lowest BCUT2D eigenvalue weighted by Crippen LogP contribution is -2.53. The predicted octanol–water partition coefficient (Wildman–Crippen LogP) is 3.41. The Kier molecular flexibility index (Phi) is 5.84. The van der Waals surface area contributed by atoms with Crippen molar-refractivity contribution in [1.82, 2.24) is 5.32 Å². The van der Waals surface area contributed by atoms with Crippen molar-refractivity contribution in [3.05, 3.63) is 95.8 Å². The van der Waals surface area contributed by atoms with E-state index < -0.39 is 47.0 Å². The standard InChI is InChI=1S/C28H26FN3O4/c1-31(2)19-15-13-17(14-16-19)24-22-23(26(34)32(25(22)33)21-12-8-7-11-20(21)29)28(30-24,27(35)36-3)18-9-5-4-6-10-18/h4-16,22-24,30H,1-3H3. The van der Waals surface area contributed by atoms with Crippen LogP contribution in [0.3, 0.4) is 0 Å². The summed E-state index contributed by atoms with van der Waals surface area (Å²) in [5.74, 6) is -4.69. The molecule has 7 nitrogen and oxygen atoms in total. The highest BCUT2D eigenvalue weighted by atomic mass is 19.1. The molecule has 2 saturated heterocycles. The van der Waals surface area contributed by atoms with E-state index >= 15 is 0 Å². The Bertz CT molecular complexity index is 1330. The highest BCUT2D eigenvalue weighted by Crippen LogP contribution is 2.54. The van der Waals surface area contributed by atoms with Crippen molar-refractivity contribution in [2.45, 2.75) is 11.6 Å². The van der Waals surface area contributed by atoms with Crippen LogP contribution in [-0.2, 0) is 24.7 Å². The van der Waals surface area contributed by atoms with Crippen molar-refractivity contribution in [1.29, 1.82) is 0 Å². The first-order valence-corrected chi connectivity index (χ1v) is 11.6. The first-order valence-electron chi connectivity index (χ1n) is 11.6. The second-order valence-corrected chi connectivity index (χ2v) is 9.24. The van der Waals surface area contributed by atoms with E-state index in [-0.39, 0.29) is 5.69 Å². The number of amides is 2. The molecular formula is C28H26FN3O4. The topological polar surface area (TPSA) is 79.0 Å². The molecule has 3 aromatic carbocycles. The smallest absolute Gasteiger partial charge is 0.331 e. The van der Waals surface area contributed by atoms with E-state index in [9.17, 15) is 18.8 Å². The summed E-state index contributed by atoms with van der Waals surface area (Å²) in [7, 11) is 5.09. The van der Waals surface area contributed by atoms with Gasteiger partial charge in [0.05, 0.1) is 24.6 Å². The summed E-state index contributed by atoms with van der Waals surface area (Å²) in [6, 6.07) is 21.2. The van der Waals surface area contributed by atoms with Gasteiger partial charge in [-0.3, -0.25) is 14.9 Å². The number of ether oxygens (including phenoxy) is 1. The van der Waals surface area contributed by atoms with Crippen LogP contribution in [0.15, 0.2) is 78.9 Å². The normalized spacial score (nSPS) is 25.1. The minimum absolute atomic E-state index is 0.129. The molecule has 36 heavy (non-hydrogen) atoms. The molecule has 8 heteroatoms. The molecule has 2 heterocycles. The van der Waals surface area contributed by atoms with E-state index in [1.165, 1.54) is 25.3 Å². The molecule has 0 spiro atoms. The van der Waals surface area contributed by atoms with Gasteiger partial charge in [-0.05, 0) is 35.4 Å². The van der Waals surface area contributed by atoms with Gasteiger partial charge in [-0.2, -0.15) is 0 Å². The Balaban J connectivity index is 1.71. The number of para-hydroxylation sites is 1. The summed E-state index contributed by atoms with van der Waals surface area (Å²) in [5.41, 5.74) is 0.413. The molecule has 0 aromatic heterocycles. The summed E-state index contributed by atoms with van der Waals surface area (Å²) < 4.78 is 20.0. The minimum atomic E-state index is -1.64. The van der Waals surface area contributed by atoms with Crippen LogP contribution in [0, 0.1) is 17.7 Å². The third kappa shape index (κ3) is 3.40. The SMILES string of the molecule is COC(=O)C1(c2ccccc2)NC(c2ccc(N(C)C)cc2)C2C(=O)N(c3ccccc3F)C(=O)C21. The van der Waals surface area contributed by atoms with E-state index in [1.807, 2.05) is 43.3 Å². The van der Waals surface area contributed by atoms with Gasteiger partial charge < -0.3 is 9.64 Å². The number of anilines is 2. The van der Waals surface area contributed by atoms with Crippen molar-refractivity contribution in [2.75, 3.05) is 31.0 Å². The van der Waals surface area contributed by atoms with Crippen molar-refractivity contribution in [3.8, 4) is 0 Å². The lowest BCUT2D eigenvalue weighted by atomic mass is 9.75. The molecular weight excluding hydrogens is 461 g/mol. The third-order valence-electron chi connectivity index (χ3n) is 7.16. The predicted molar refractivity (Wildman–Crippen MR) is 133 cm³/mol. The van der Waals surface area contributed by atoms with Crippen molar-refractivity contribution >= 4 is 29.2 Å². The Morgan fingerprint density at radius 2 is 1.58 bits per heavy atom. The zero-order valence-corrected chi connectivity index (χ0v) is 20.1. The zero-order chi connectivity index (χ0) is 25.6. The number of fused-ring (bicyclic) bond motifs is 1. The second-order valence-electron chi connectivity index (χ2n) is 9.24. The van der Waals surface area contributed by atoms with Crippen LogP contribution in [-0.4, -0.2) is 39.0 Å². The largest absolute Gasteiger partial charge is 0.467 e. The summed E-state index contributed by atoms with van der Waals surface area (Å²) >= 11 is 0. The minimum Gasteiger partial charge on any atom is -0.467 e.